The van der Waals surface area contributed by atoms with Gasteiger partial charge in [0, 0.05) is 19.2 Å². The van der Waals surface area contributed by atoms with Crippen molar-refractivity contribution in [1.82, 2.24) is 14.7 Å². The van der Waals surface area contributed by atoms with Crippen LogP contribution in [0.4, 0.5) is 13.2 Å². The summed E-state index contributed by atoms with van der Waals surface area (Å²) in [4.78, 5) is 22.7. The van der Waals surface area contributed by atoms with Gasteiger partial charge in [0.15, 0.2) is 5.69 Å². The van der Waals surface area contributed by atoms with Crippen LogP contribution in [0.3, 0.4) is 0 Å². The number of carbonyl (C=O) groups excluding carboxylic acids is 1. The molecule has 1 N–H and O–H groups in total. The van der Waals surface area contributed by atoms with Gasteiger partial charge in [0.2, 0.25) is 0 Å². The Morgan fingerprint density at radius 3 is 2.53 bits per heavy atom. The number of alkyl halides is 3. The fourth-order valence-electron chi connectivity index (χ4n) is 2.09. The molecule has 0 aromatic carbocycles. The van der Waals surface area contributed by atoms with Crippen molar-refractivity contribution in [3.05, 3.63) is 17.0 Å². The van der Waals surface area contributed by atoms with E-state index in [0.717, 1.165) is 0 Å². The first-order chi connectivity index (χ1) is 8.71. The number of amides is 1. The van der Waals surface area contributed by atoms with Gasteiger partial charge in [-0.1, -0.05) is 0 Å². The number of hydrogen-bond acceptors (Lipinski definition) is 3. The standard InChI is InChI=1S/C10H10F3N3O3/c1-15-6-4-16(9(19)10(11,12)13)3-2-5(6)7(14-15)8(17)18/h2-4H2,1H3,(H,17,18). The van der Waals surface area contributed by atoms with Crippen LogP contribution in [0, 0.1) is 0 Å². The minimum atomic E-state index is -4.92. The van der Waals surface area contributed by atoms with Crippen molar-refractivity contribution in [2.45, 2.75) is 19.1 Å². The van der Waals surface area contributed by atoms with Gasteiger partial charge in [-0.15, -0.1) is 0 Å². The molecule has 0 bridgehead atoms. The van der Waals surface area contributed by atoms with E-state index in [1.807, 2.05) is 0 Å². The van der Waals surface area contributed by atoms with E-state index in [4.69, 9.17) is 5.11 Å². The first kappa shape index (κ1) is 13.4. The molecule has 1 aliphatic rings. The molecule has 0 aliphatic carbocycles. The summed E-state index contributed by atoms with van der Waals surface area (Å²) in [6.07, 6.45) is -4.88. The lowest BCUT2D eigenvalue weighted by molar-refractivity contribution is -0.186. The minimum absolute atomic E-state index is 0.0482. The third-order valence-corrected chi connectivity index (χ3v) is 2.98. The Morgan fingerprint density at radius 1 is 1.37 bits per heavy atom. The quantitative estimate of drug-likeness (QED) is 0.814. The Bertz CT molecular complexity index is 550. The van der Waals surface area contributed by atoms with E-state index in [2.05, 4.69) is 5.10 Å². The molecule has 1 aliphatic heterocycles. The van der Waals surface area contributed by atoms with E-state index < -0.39 is 18.1 Å². The summed E-state index contributed by atoms with van der Waals surface area (Å²) in [5.74, 6) is -3.15. The molecule has 1 aromatic rings. The third-order valence-electron chi connectivity index (χ3n) is 2.98. The molecule has 9 heteroatoms. The average molecular weight is 277 g/mol. The Kier molecular flexibility index (Phi) is 2.99. The fraction of sp³-hybridized carbons (Fsp3) is 0.500. The Labute approximate surface area is 105 Å². The molecule has 0 fully saturated rings. The highest BCUT2D eigenvalue weighted by Gasteiger charge is 2.44. The van der Waals surface area contributed by atoms with Crippen molar-refractivity contribution in [1.29, 1.82) is 0 Å². The number of fused-ring (bicyclic) bond motifs is 1. The van der Waals surface area contributed by atoms with Gasteiger partial charge in [-0.25, -0.2) is 4.79 Å². The molecule has 104 valence electrons. The van der Waals surface area contributed by atoms with Crippen LogP contribution in [0.2, 0.25) is 0 Å². The van der Waals surface area contributed by atoms with Crippen molar-refractivity contribution >= 4 is 11.9 Å². The summed E-state index contributed by atoms with van der Waals surface area (Å²) in [5, 5.41) is 12.7. The summed E-state index contributed by atoms with van der Waals surface area (Å²) >= 11 is 0. The van der Waals surface area contributed by atoms with Crippen molar-refractivity contribution in [3.63, 3.8) is 0 Å². The number of carboxylic acid groups (broad SMARTS) is 1. The van der Waals surface area contributed by atoms with Crippen LogP contribution in [-0.4, -0.2) is 44.4 Å². The monoisotopic (exact) mass is 277 g/mol. The maximum atomic E-state index is 12.3. The zero-order valence-corrected chi connectivity index (χ0v) is 9.86. The highest BCUT2D eigenvalue weighted by Crippen LogP contribution is 2.26. The zero-order valence-electron chi connectivity index (χ0n) is 9.86. The smallest absolute Gasteiger partial charge is 0.471 e. The lowest BCUT2D eigenvalue weighted by Gasteiger charge is -2.28. The van der Waals surface area contributed by atoms with Crippen molar-refractivity contribution in [2.24, 2.45) is 7.05 Å². The number of nitrogens with zero attached hydrogens (tertiary/aromatic N) is 3. The van der Waals surface area contributed by atoms with Crippen molar-refractivity contribution in [2.75, 3.05) is 6.54 Å². The van der Waals surface area contributed by atoms with Gasteiger partial charge in [-0.3, -0.25) is 9.48 Å². The molecule has 0 atom stereocenters. The summed E-state index contributed by atoms with van der Waals surface area (Å²) in [6, 6.07) is 0. The number of rotatable bonds is 1. The maximum Gasteiger partial charge on any atom is 0.471 e. The van der Waals surface area contributed by atoms with Gasteiger partial charge < -0.3 is 10.0 Å². The second-order valence-corrected chi connectivity index (χ2v) is 4.18. The summed E-state index contributed by atoms with van der Waals surface area (Å²) in [7, 11) is 1.44. The van der Waals surface area contributed by atoms with E-state index in [9.17, 15) is 22.8 Å². The predicted octanol–water partition coefficient (Wildman–Crippen LogP) is 0.565. The van der Waals surface area contributed by atoms with Gasteiger partial charge in [-0.05, 0) is 6.42 Å². The molecule has 19 heavy (non-hydrogen) atoms. The second kappa shape index (κ2) is 4.25. The first-order valence-corrected chi connectivity index (χ1v) is 5.36. The van der Waals surface area contributed by atoms with E-state index in [0.29, 0.717) is 16.2 Å². The van der Waals surface area contributed by atoms with Gasteiger partial charge in [0.05, 0.1) is 12.2 Å². The molecular formula is C10H10F3N3O3. The summed E-state index contributed by atoms with van der Waals surface area (Å²) in [6.45, 7) is -0.457. The number of aryl methyl sites for hydroxylation is 1. The highest BCUT2D eigenvalue weighted by atomic mass is 19.4. The molecule has 2 rings (SSSR count). The number of carbonyl (C=O) groups is 2. The van der Waals surface area contributed by atoms with E-state index in [1.165, 1.54) is 11.7 Å². The van der Waals surface area contributed by atoms with Crippen molar-refractivity contribution in [3.8, 4) is 0 Å². The average Bonchev–Trinajstić information content (AvgIpc) is 2.64. The van der Waals surface area contributed by atoms with Crippen LogP contribution in [0.15, 0.2) is 0 Å². The molecule has 1 amide bonds. The SMILES string of the molecule is Cn1nc(C(=O)O)c2c1CN(C(=O)C(F)(F)F)CC2. The lowest BCUT2D eigenvalue weighted by atomic mass is 10.0. The van der Waals surface area contributed by atoms with Crippen LogP contribution in [0.25, 0.3) is 0 Å². The van der Waals surface area contributed by atoms with Gasteiger partial charge >= 0.3 is 18.1 Å². The molecule has 0 saturated heterocycles. The topological polar surface area (TPSA) is 75.4 Å². The molecular weight excluding hydrogens is 267 g/mol. The molecule has 1 aromatic heterocycles. The van der Waals surface area contributed by atoms with Gasteiger partial charge in [-0.2, -0.15) is 18.3 Å². The van der Waals surface area contributed by atoms with Crippen LogP contribution in [0.5, 0.6) is 0 Å². The Balaban J connectivity index is 2.31. The van der Waals surface area contributed by atoms with Crippen LogP contribution in [0.1, 0.15) is 21.7 Å². The highest BCUT2D eigenvalue weighted by molar-refractivity contribution is 5.88. The molecule has 0 radical (unpaired) electrons. The summed E-state index contributed by atoms with van der Waals surface area (Å²) in [5.41, 5.74) is 0.541. The number of halogens is 3. The van der Waals surface area contributed by atoms with Crippen LogP contribution < -0.4 is 0 Å². The predicted molar refractivity (Wildman–Crippen MR) is 55.3 cm³/mol. The Hall–Kier alpha value is -2.06. The molecule has 0 spiro atoms. The van der Waals surface area contributed by atoms with E-state index in [1.54, 1.807) is 0 Å². The first-order valence-electron chi connectivity index (χ1n) is 5.36. The Morgan fingerprint density at radius 2 is 2.00 bits per heavy atom. The maximum absolute atomic E-state index is 12.3. The molecule has 2 heterocycles. The van der Waals surface area contributed by atoms with Crippen molar-refractivity contribution < 1.29 is 27.9 Å². The zero-order chi connectivity index (χ0) is 14.4. The third kappa shape index (κ3) is 2.27. The number of aromatic nitrogens is 2. The van der Waals surface area contributed by atoms with Gasteiger partial charge in [0.1, 0.15) is 0 Å². The largest absolute Gasteiger partial charge is 0.476 e. The fourth-order valence-corrected chi connectivity index (χ4v) is 2.09. The normalized spacial score (nSPS) is 15.3. The number of hydrogen-bond donors (Lipinski definition) is 1. The van der Waals surface area contributed by atoms with Gasteiger partial charge in [0.25, 0.3) is 0 Å². The number of carboxylic acids is 1. The summed E-state index contributed by atoms with van der Waals surface area (Å²) < 4.78 is 38.2. The van der Waals surface area contributed by atoms with Crippen LogP contribution >= 0.6 is 0 Å². The van der Waals surface area contributed by atoms with E-state index in [-0.39, 0.29) is 25.2 Å². The van der Waals surface area contributed by atoms with Crippen LogP contribution in [-0.2, 0) is 24.8 Å². The molecule has 0 saturated carbocycles. The minimum Gasteiger partial charge on any atom is -0.476 e. The second-order valence-electron chi connectivity index (χ2n) is 4.18. The van der Waals surface area contributed by atoms with E-state index >= 15 is 0 Å². The molecule has 6 nitrogen and oxygen atoms in total. The lowest BCUT2D eigenvalue weighted by Crippen LogP contribution is -2.44. The molecule has 0 unspecified atom stereocenters. The number of aromatic carboxylic acids is 1.